The lowest BCUT2D eigenvalue weighted by atomic mass is 10.2. The topological polar surface area (TPSA) is 95.2 Å². The summed E-state index contributed by atoms with van der Waals surface area (Å²) in [5, 5.41) is 17.1. The Bertz CT molecular complexity index is 572. The van der Waals surface area contributed by atoms with Crippen molar-refractivity contribution in [3.63, 3.8) is 0 Å². The molecule has 0 bridgehead atoms. The largest absolute Gasteiger partial charge is 0.478 e. The molecule has 0 saturated carbocycles. The van der Waals surface area contributed by atoms with Gasteiger partial charge >= 0.3 is 5.97 Å². The van der Waals surface area contributed by atoms with Crippen LogP contribution in [0.4, 0.5) is 0 Å². The van der Waals surface area contributed by atoms with E-state index in [1.165, 1.54) is 18.2 Å². The summed E-state index contributed by atoms with van der Waals surface area (Å²) in [7, 11) is -3.47. The normalized spacial score (nSPS) is 10.8. The molecular formula is C12H13NO4S. The van der Waals surface area contributed by atoms with Crippen LogP contribution >= 0.6 is 0 Å². The van der Waals surface area contributed by atoms with Gasteiger partial charge in [-0.2, -0.15) is 5.26 Å². The summed E-state index contributed by atoms with van der Waals surface area (Å²) < 4.78 is 23.8. The Balaban J connectivity index is 2.82. The van der Waals surface area contributed by atoms with Gasteiger partial charge in [0, 0.05) is 6.42 Å². The summed E-state index contributed by atoms with van der Waals surface area (Å²) in [6, 6.07) is 7.23. The molecule has 0 radical (unpaired) electrons. The third kappa shape index (κ3) is 3.86. The van der Waals surface area contributed by atoms with Gasteiger partial charge < -0.3 is 5.11 Å². The van der Waals surface area contributed by atoms with Gasteiger partial charge in [0.25, 0.3) is 0 Å². The molecule has 0 fully saturated rings. The van der Waals surface area contributed by atoms with Crippen LogP contribution in [0, 0.1) is 11.3 Å². The number of nitrogens with zero attached hydrogens (tertiary/aromatic N) is 1. The minimum atomic E-state index is -3.47. The lowest BCUT2D eigenvalue weighted by molar-refractivity contribution is 0.0696. The van der Waals surface area contributed by atoms with Crippen molar-refractivity contribution in [2.45, 2.75) is 24.2 Å². The van der Waals surface area contributed by atoms with E-state index in [-0.39, 0.29) is 16.2 Å². The summed E-state index contributed by atoms with van der Waals surface area (Å²) in [5.74, 6) is -1.23. The lowest BCUT2D eigenvalue weighted by Crippen LogP contribution is -2.08. The fourth-order valence-corrected chi connectivity index (χ4v) is 2.85. The van der Waals surface area contributed by atoms with E-state index in [2.05, 4.69) is 0 Å². The molecule has 0 atom stereocenters. The number of carboxylic acids is 1. The van der Waals surface area contributed by atoms with Crippen molar-refractivity contribution >= 4 is 15.8 Å². The highest BCUT2D eigenvalue weighted by molar-refractivity contribution is 7.91. The van der Waals surface area contributed by atoms with E-state index < -0.39 is 15.8 Å². The third-order valence-electron chi connectivity index (χ3n) is 2.39. The third-order valence-corrected chi connectivity index (χ3v) is 4.19. The Morgan fingerprint density at radius 1 is 1.33 bits per heavy atom. The molecule has 0 aliphatic heterocycles. The Morgan fingerprint density at radius 2 is 2.06 bits per heavy atom. The molecule has 1 rings (SSSR count). The van der Waals surface area contributed by atoms with Gasteiger partial charge in [-0.1, -0.05) is 6.07 Å². The number of carboxylic acid groups (broad SMARTS) is 1. The van der Waals surface area contributed by atoms with E-state index >= 15 is 0 Å². The number of carbonyl (C=O) groups is 1. The van der Waals surface area contributed by atoms with Crippen molar-refractivity contribution in [3.8, 4) is 6.07 Å². The van der Waals surface area contributed by atoms with Crippen molar-refractivity contribution in [3.05, 3.63) is 29.8 Å². The second-order valence-corrected chi connectivity index (χ2v) is 5.88. The summed E-state index contributed by atoms with van der Waals surface area (Å²) >= 11 is 0. The van der Waals surface area contributed by atoms with E-state index in [9.17, 15) is 13.2 Å². The number of benzene rings is 1. The zero-order valence-corrected chi connectivity index (χ0v) is 10.5. The highest BCUT2D eigenvalue weighted by Gasteiger charge is 2.15. The minimum Gasteiger partial charge on any atom is -0.478 e. The maximum Gasteiger partial charge on any atom is 0.335 e. The Labute approximate surface area is 106 Å². The average molecular weight is 267 g/mol. The van der Waals surface area contributed by atoms with Crippen LogP contribution in [-0.4, -0.2) is 25.2 Å². The standard InChI is InChI=1S/C12H13NO4S/c13-7-2-1-3-8-18(16,17)11-6-4-5-10(9-11)12(14)15/h4-6,9H,1-3,8H2,(H,14,15). The molecule has 96 valence electrons. The molecule has 5 nitrogen and oxygen atoms in total. The van der Waals surface area contributed by atoms with Crippen molar-refractivity contribution in [1.29, 1.82) is 5.26 Å². The first kappa shape index (κ1) is 14.2. The molecule has 0 saturated heterocycles. The summed E-state index contributed by atoms with van der Waals surface area (Å²) in [4.78, 5) is 10.8. The first-order valence-electron chi connectivity index (χ1n) is 5.40. The molecule has 0 unspecified atom stereocenters. The van der Waals surface area contributed by atoms with Crippen LogP contribution in [0.5, 0.6) is 0 Å². The molecule has 0 amide bonds. The van der Waals surface area contributed by atoms with E-state index in [1.54, 1.807) is 0 Å². The molecule has 1 N–H and O–H groups in total. The summed E-state index contributed by atoms with van der Waals surface area (Å²) in [6.45, 7) is 0. The SMILES string of the molecule is N#CCCCCS(=O)(=O)c1cccc(C(=O)O)c1. The average Bonchev–Trinajstić information content (AvgIpc) is 2.35. The maximum absolute atomic E-state index is 11.9. The van der Waals surface area contributed by atoms with E-state index in [1.807, 2.05) is 6.07 Å². The van der Waals surface area contributed by atoms with E-state index in [0.29, 0.717) is 19.3 Å². The zero-order chi connectivity index (χ0) is 13.6. The quantitative estimate of drug-likeness (QED) is 0.793. The van der Waals surface area contributed by atoms with Gasteiger partial charge in [-0.3, -0.25) is 0 Å². The van der Waals surface area contributed by atoms with E-state index in [0.717, 1.165) is 6.07 Å². The second-order valence-electron chi connectivity index (χ2n) is 3.77. The van der Waals surface area contributed by atoms with Gasteiger partial charge in [-0.05, 0) is 31.0 Å². The van der Waals surface area contributed by atoms with Crippen molar-refractivity contribution < 1.29 is 18.3 Å². The fourth-order valence-electron chi connectivity index (χ4n) is 1.44. The van der Waals surface area contributed by atoms with Crippen LogP contribution in [0.25, 0.3) is 0 Å². The number of rotatable bonds is 6. The van der Waals surface area contributed by atoms with Gasteiger partial charge in [-0.25, -0.2) is 13.2 Å². The molecule has 0 heterocycles. The first-order valence-corrected chi connectivity index (χ1v) is 7.05. The molecule has 1 aromatic rings. The zero-order valence-electron chi connectivity index (χ0n) is 9.67. The number of nitriles is 1. The number of hydrogen-bond acceptors (Lipinski definition) is 4. The van der Waals surface area contributed by atoms with E-state index in [4.69, 9.17) is 10.4 Å². The Hall–Kier alpha value is -1.87. The highest BCUT2D eigenvalue weighted by Crippen LogP contribution is 2.15. The van der Waals surface area contributed by atoms with Gasteiger partial charge in [0.2, 0.25) is 0 Å². The van der Waals surface area contributed by atoms with Crippen molar-refractivity contribution in [1.82, 2.24) is 0 Å². The second kappa shape index (κ2) is 6.17. The van der Waals surface area contributed by atoms with Gasteiger partial charge in [0.1, 0.15) is 0 Å². The Morgan fingerprint density at radius 3 is 2.67 bits per heavy atom. The number of sulfone groups is 1. The van der Waals surface area contributed by atoms with Gasteiger partial charge in [-0.15, -0.1) is 0 Å². The lowest BCUT2D eigenvalue weighted by Gasteiger charge is -2.04. The Kier molecular flexibility index (Phi) is 4.86. The van der Waals surface area contributed by atoms with Crippen LogP contribution in [0.3, 0.4) is 0 Å². The summed E-state index contributed by atoms with van der Waals surface area (Å²) in [6.07, 6.45) is 1.24. The molecule has 0 aliphatic rings. The fraction of sp³-hybridized carbons (Fsp3) is 0.333. The van der Waals surface area contributed by atoms with Crippen LogP contribution in [0.2, 0.25) is 0 Å². The molecule has 0 aliphatic carbocycles. The van der Waals surface area contributed by atoms with Gasteiger partial charge in [0.05, 0.1) is 22.3 Å². The van der Waals surface area contributed by atoms with Gasteiger partial charge in [0.15, 0.2) is 9.84 Å². The molecule has 0 spiro atoms. The number of hydrogen-bond donors (Lipinski definition) is 1. The smallest absolute Gasteiger partial charge is 0.335 e. The van der Waals surface area contributed by atoms with Crippen LogP contribution in [-0.2, 0) is 9.84 Å². The predicted octanol–water partition coefficient (Wildman–Crippen LogP) is 1.85. The molecule has 0 aromatic heterocycles. The molecule has 1 aromatic carbocycles. The predicted molar refractivity (Wildman–Crippen MR) is 64.9 cm³/mol. The van der Waals surface area contributed by atoms with Crippen molar-refractivity contribution in [2.24, 2.45) is 0 Å². The minimum absolute atomic E-state index is 0.0133. The molecule has 18 heavy (non-hydrogen) atoms. The van der Waals surface area contributed by atoms with Crippen molar-refractivity contribution in [2.75, 3.05) is 5.75 Å². The first-order chi connectivity index (χ1) is 8.47. The summed E-state index contributed by atoms with van der Waals surface area (Å²) in [5.41, 5.74) is -0.0481. The molecule has 6 heteroatoms. The number of unbranched alkanes of at least 4 members (excludes halogenated alkanes) is 2. The van der Waals surface area contributed by atoms with Crippen LogP contribution < -0.4 is 0 Å². The van der Waals surface area contributed by atoms with Crippen LogP contribution in [0.15, 0.2) is 29.2 Å². The highest BCUT2D eigenvalue weighted by atomic mass is 32.2. The molecular weight excluding hydrogens is 254 g/mol. The monoisotopic (exact) mass is 267 g/mol. The maximum atomic E-state index is 11.9. The van der Waals surface area contributed by atoms with Crippen LogP contribution in [0.1, 0.15) is 29.6 Å². The number of aromatic carboxylic acids is 1.